The van der Waals surface area contributed by atoms with Gasteiger partial charge in [-0.3, -0.25) is 4.79 Å². The number of fused-ring (bicyclic) bond motifs is 1. The van der Waals surface area contributed by atoms with Crippen molar-refractivity contribution in [2.75, 3.05) is 0 Å². The van der Waals surface area contributed by atoms with Crippen LogP contribution in [0.2, 0.25) is 5.02 Å². The van der Waals surface area contributed by atoms with Gasteiger partial charge >= 0.3 is 5.97 Å². The lowest BCUT2D eigenvalue weighted by Gasteiger charge is -2.13. The van der Waals surface area contributed by atoms with E-state index in [1.54, 1.807) is 0 Å². The summed E-state index contributed by atoms with van der Waals surface area (Å²) in [5, 5.41) is 8.01. The highest BCUT2D eigenvalue weighted by Crippen LogP contribution is 2.38. The van der Waals surface area contributed by atoms with Crippen molar-refractivity contribution < 1.29 is 18.7 Å². The van der Waals surface area contributed by atoms with Gasteiger partial charge in [-0.2, -0.15) is 0 Å². The van der Waals surface area contributed by atoms with Gasteiger partial charge in [-0.05, 0) is 18.9 Å². The molecule has 0 radical (unpaired) electrons. The van der Waals surface area contributed by atoms with E-state index in [2.05, 4.69) is 0 Å². The molecule has 0 spiro atoms. The first kappa shape index (κ1) is 13.1. The predicted octanol–water partition coefficient (Wildman–Crippen LogP) is 2.97. The first-order valence-corrected chi connectivity index (χ1v) is 6.25. The van der Waals surface area contributed by atoms with Crippen LogP contribution >= 0.6 is 11.6 Å². The van der Waals surface area contributed by atoms with Gasteiger partial charge in [0.05, 0.1) is 10.9 Å². The number of carbonyl (C=O) groups is 1. The Balaban J connectivity index is 2.52. The van der Waals surface area contributed by atoms with E-state index in [4.69, 9.17) is 16.7 Å². The summed E-state index contributed by atoms with van der Waals surface area (Å²) in [4.78, 5) is 23.1. The highest BCUT2D eigenvalue weighted by molar-refractivity contribution is 6.31. The first-order chi connectivity index (χ1) is 9.41. The zero-order chi connectivity index (χ0) is 14.6. The quantitative estimate of drug-likeness (QED) is 0.867. The summed E-state index contributed by atoms with van der Waals surface area (Å²) in [7, 11) is 0. The molecular formula is C13H8ClF2NO3. The number of nitrogens with zero attached hydrogens (tertiary/aromatic N) is 1. The van der Waals surface area contributed by atoms with Gasteiger partial charge in [0, 0.05) is 12.2 Å². The summed E-state index contributed by atoms with van der Waals surface area (Å²) in [5.41, 5.74) is -1.57. The van der Waals surface area contributed by atoms with Crippen molar-refractivity contribution in [2.45, 2.75) is 18.9 Å². The molecule has 20 heavy (non-hydrogen) atoms. The maximum atomic E-state index is 14.1. The molecule has 4 nitrogen and oxygen atoms in total. The summed E-state index contributed by atoms with van der Waals surface area (Å²) in [6, 6.07) is 0.696. The molecule has 1 aliphatic rings. The fourth-order valence-electron chi connectivity index (χ4n) is 2.21. The Morgan fingerprint density at radius 3 is 2.60 bits per heavy atom. The molecule has 1 aliphatic carbocycles. The third kappa shape index (κ3) is 1.79. The average molecular weight is 300 g/mol. The summed E-state index contributed by atoms with van der Waals surface area (Å²) in [6.07, 6.45) is 2.58. The minimum atomic E-state index is -1.43. The Hall–Kier alpha value is -1.95. The van der Waals surface area contributed by atoms with Crippen molar-refractivity contribution in [3.05, 3.63) is 44.7 Å². The Kier molecular flexibility index (Phi) is 2.79. The Morgan fingerprint density at radius 2 is 2.05 bits per heavy atom. The van der Waals surface area contributed by atoms with E-state index in [0.717, 1.165) is 25.1 Å². The number of carboxylic acid groups (broad SMARTS) is 1. The normalized spacial score (nSPS) is 14.8. The van der Waals surface area contributed by atoms with Crippen LogP contribution in [0.4, 0.5) is 8.78 Å². The number of hydrogen-bond acceptors (Lipinski definition) is 2. The molecule has 1 heterocycles. The van der Waals surface area contributed by atoms with Gasteiger partial charge in [-0.1, -0.05) is 11.6 Å². The van der Waals surface area contributed by atoms with Crippen molar-refractivity contribution in [3.63, 3.8) is 0 Å². The molecule has 1 saturated carbocycles. The number of halogens is 3. The summed E-state index contributed by atoms with van der Waals surface area (Å²) in [6.45, 7) is 0. The van der Waals surface area contributed by atoms with Crippen LogP contribution in [0, 0.1) is 11.6 Å². The van der Waals surface area contributed by atoms with Gasteiger partial charge in [0.25, 0.3) is 0 Å². The molecule has 0 aliphatic heterocycles. The zero-order valence-electron chi connectivity index (χ0n) is 9.99. The molecular weight excluding hydrogens is 292 g/mol. The fourth-order valence-corrected chi connectivity index (χ4v) is 2.36. The SMILES string of the molecule is O=C(O)c1cn(C2CC2)c2c(F)c(Cl)c(F)cc2c1=O. The van der Waals surface area contributed by atoms with Crippen molar-refractivity contribution in [1.29, 1.82) is 0 Å². The van der Waals surface area contributed by atoms with Crippen LogP contribution in [0.15, 0.2) is 17.1 Å². The average Bonchev–Trinajstić information content (AvgIpc) is 3.21. The largest absolute Gasteiger partial charge is 0.477 e. The van der Waals surface area contributed by atoms with E-state index in [1.165, 1.54) is 4.57 Å². The van der Waals surface area contributed by atoms with E-state index in [-0.39, 0.29) is 16.9 Å². The summed E-state index contributed by atoms with van der Waals surface area (Å²) >= 11 is 5.53. The molecule has 0 saturated heterocycles. The molecule has 1 N–H and O–H groups in total. The van der Waals surface area contributed by atoms with Crippen LogP contribution in [-0.2, 0) is 0 Å². The van der Waals surface area contributed by atoms with Crippen molar-refractivity contribution in [2.24, 2.45) is 0 Å². The topological polar surface area (TPSA) is 59.3 Å². The van der Waals surface area contributed by atoms with Gasteiger partial charge < -0.3 is 9.67 Å². The molecule has 0 amide bonds. The van der Waals surface area contributed by atoms with Gasteiger partial charge in [0.15, 0.2) is 5.82 Å². The van der Waals surface area contributed by atoms with E-state index in [1.807, 2.05) is 0 Å². The molecule has 1 fully saturated rings. The molecule has 3 rings (SSSR count). The second kappa shape index (κ2) is 4.28. The fraction of sp³-hybridized carbons (Fsp3) is 0.231. The van der Waals surface area contributed by atoms with Crippen LogP contribution in [0.5, 0.6) is 0 Å². The van der Waals surface area contributed by atoms with Gasteiger partial charge in [0.1, 0.15) is 16.4 Å². The number of aromatic carboxylic acids is 1. The smallest absolute Gasteiger partial charge is 0.341 e. The third-order valence-electron chi connectivity index (χ3n) is 3.32. The van der Waals surface area contributed by atoms with Gasteiger partial charge in [-0.15, -0.1) is 0 Å². The molecule has 1 aromatic heterocycles. The summed E-state index contributed by atoms with van der Waals surface area (Å²) in [5.74, 6) is -3.55. The number of carboxylic acids is 1. The van der Waals surface area contributed by atoms with E-state index in [9.17, 15) is 18.4 Å². The highest BCUT2D eigenvalue weighted by Gasteiger charge is 2.29. The van der Waals surface area contributed by atoms with Crippen molar-refractivity contribution in [3.8, 4) is 0 Å². The van der Waals surface area contributed by atoms with E-state index < -0.39 is 33.6 Å². The second-order valence-corrected chi connectivity index (χ2v) is 5.08. The van der Waals surface area contributed by atoms with Gasteiger partial charge in [-0.25, -0.2) is 13.6 Å². The number of hydrogen-bond donors (Lipinski definition) is 1. The van der Waals surface area contributed by atoms with Crippen LogP contribution in [-0.4, -0.2) is 15.6 Å². The number of rotatable bonds is 2. The first-order valence-electron chi connectivity index (χ1n) is 5.87. The lowest BCUT2D eigenvalue weighted by molar-refractivity contribution is 0.0695. The molecule has 7 heteroatoms. The molecule has 0 unspecified atom stereocenters. The number of benzene rings is 1. The molecule has 0 bridgehead atoms. The Morgan fingerprint density at radius 1 is 1.40 bits per heavy atom. The van der Waals surface area contributed by atoms with Gasteiger partial charge in [0.2, 0.25) is 5.43 Å². The van der Waals surface area contributed by atoms with E-state index >= 15 is 0 Å². The van der Waals surface area contributed by atoms with Crippen LogP contribution < -0.4 is 5.43 Å². The highest BCUT2D eigenvalue weighted by atomic mass is 35.5. The minimum absolute atomic E-state index is 0.0905. The molecule has 1 aromatic carbocycles. The maximum Gasteiger partial charge on any atom is 0.341 e. The number of aromatic nitrogens is 1. The zero-order valence-corrected chi connectivity index (χ0v) is 10.7. The second-order valence-electron chi connectivity index (χ2n) is 4.70. The third-order valence-corrected chi connectivity index (χ3v) is 3.67. The monoisotopic (exact) mass is 299 g/mol. The molecule has 0 atom stereocenters. The predicted molar refractivity (Wildman–Crippen MR) is 68.4 cm³/mol. The molecule has 2 aromatic rings. The lowest BCUT2D eigenvalue weighted by atomic mass is 10.1. The van der Waals surface area contributed by atoms with Crippen LogP contribution in [0.1, 0.15) is 29.2 Å². The lowest BCUT2D eigenvalue weighted by Crippen LogP contribution is -2.19. The van der Waals surface area contributed by atoms with E-state index in [0.29, 0.717) is 0 Å². The standard InChI is InChI=1S/C13H8ClF2NO3/c14-9-8(15)3-6-11(10(9)16)17(5-1-2-5)4-7(12(6)18)13(19)20/h3-5H,1-2H2,(H,19,20). The van der Waals surface area contributed by atoms with Crippen LogP contribution in [0.25, 0.3) is 10.9 Å². The Labute approximate surface area is 116 Å². The van der Waals surface area contributed by atoms with Crippen molar-refractivity contribution in [1.82, 2.24) is 4.57 Å². The maximum absolute atomic E-state index is 14.1. The summed E-state index contributed by atoms with van der Waals surface area (Å²) < 4.78 is 29.0. The van der Waals surface area contributed by atoms with Crippen molar-refractivity contribution >= 4 is 28.5 Å². The molecule has 104 valence electrons. The minimum Gasteiger partial charge on any atom is -0.477 e. The number of pyridine rings is 1. The van der Waals surface area contributed by atoms with Crippen LogP contribution in [0.3, 0.4) is 0 Å². The Bertz CT molecular complexity index is 812.